The first kappa shape index (κ1) is 17.1. The number of carboxylic acids is 1. The van der Waals surface area contributed by atoms with Crippen molar-refractivity contribution in [2.24, 2.45) is 5.92 Å². The number of aliphatic carboxylic acids is 1. The van der Waals surface area contributed by atoms with Crippen LogP contribution in [0.15, 0.2) is 42.5 Å². The highest BCUT2D eigenvalue weighted by molar-refractivity contribution is 5.97. The fourth-order valence-electron chi connectivity index (χ4n) is 2.67. The maximum absolute atomic E-state index is 14.3. The maximum Gasteiger partial charge on any atom is 0.326 e. The predicted octanol–water partition coefficient (Wildman–Crippen LogP) is 3.61. The molecule has 0 spiro atoms. The quantitative estimate of drug-likeness (QED) is 0.840. The zero-order valence-electron chi connectivity index (χ0n) is 13.3. The fourth-order valence-corrected chi connectivity index (χ4v) is 2.67. The number of amides is 1. The summed E-state index contributed by atoms with van der Waals surface area (Å²) in [6.45, 7) is 0. The van der Waals surface area contributed by atoms with Gasteiger partial charge in [-0.3, -0.25) is 4.79 Å². The van der Waals surface area contributed by atoms with Gasteiger partial charge in [-0.25, -0.2) is 13.6 Å². The van der Waals surface area contributed by atoms with Crippen molar-refractivity contribution in [3.63, 3.8) is 0 Å². The van der Waals surface area contributed by atoms with E-state index in [0.29, 0.717) is 23.5 Å². The number of nitrogens with one attached hydrogen (secondary N) is 1. The van der Waals surface area contributed by atoms with Gasteiger partial charge in [0.1, 0.15) is 17.7 Å². The van der Waals surface area contributed by atoms with Crippen LogP contribution in [-0.4, -0.2) is 23.0 Å². The Morgan fingerprint density at radius 2 is 1.72 bits per heavy atom. The number of halogens is 2. The summed E-state index contributed by atoms with van der Waals surface area (Å²) in [6.07, 6.45) is 2.27. The third-order valence-corrected chi connectivity index (χ3v) is 4.26. The Morgan fingerprint density at radius 3 is 2.28 bits per heavy atom. The van der Waals surface area contributed by atoms with Gasteiger partial charge in [0.05, 0.1) is 5.56 Å². The van der Waals surface area contributed by atoms with Gasteiger partial charge < -0.3 is 10.4 Å². The lowest BCUT2D eigenvalue weighted by Crippen LogP contribution is -2.41. The van der Waals surface area contributed by atoms with E-state index in [0.717, 1.165) is 12.8 Å². The van der Waals surface area contributed by atoms with Gasteiger partial charge in [0.2, 0.25) is 0 Å². The van der Waals surface area contributed by atoms with Gasteiger partial charge in [0.25, 0.3) is 5.91 Å². The topological polar surface area (TPSA) is 66.4 Å². The van der Waals surface area contributed by atoms with E-state index >= 15 is 0 Å². The molecule has 0 saturated heterocycles. The molecule has 1 aliphatic carbocycles. The second-order valence-electron chi connectivity index (χ2n) is 6.24. The van der Waals surface area contributed by atoms with Gasteiger partial charge in [0, 0.05) is 0 Å². The summed E-state index contributed by atoms with van der Waals surface area (Å²) >= 11 is 0. The number of hydrogen-bond donors (Lipinski definition) is 2. The predicted molar refractivity (Wildman–Crippen MR) is 88.0 cm³/mol. The second-order valence-corrected chi connectivity index (χ2v) is 6.24. The zero-order chi connectivity index (χ0) is 18.0. The van der Waals surface area contributed by atoms with Crippen molar-refractivity contribution in [1.82, 2.24) is 5.32 Å². The lowest BCUT2D eigenvalue weighted by molar-refractivity contribution is -0.139. The van der Waals surface area contributed by atoms with E-state index in [9.17, 15) is 23.5 Å². The Labute approximate surface area is 143 Å². The van der Waals surface area contributed by atoms with Crippen LogP contribution < -0.4 is 5.32 Å². The van der Waals surface area contributed by atoms with Crippen molar-refractivity contribution >= 4 is 11.9 Å². The third-order valence-electron chi connectivity index (χ3n) is 4.26. The lowest BCUT2D eigenvalue weighted by Gasteiger charge is -2.14. The van der Waals surface area contributed by atoms with E-state index < -0.39 is 29.6 Å². The number of carboxylic acid groups (broad SMARTS) is 1. The molecule has 3 rings (SSSR count). The Bertz CT molecular complexity index is 801. The third kappa shape index (κ3) is 4.21. The Kier molecular flexibility index (Phi) is 4.79. The molecule has 1 aliphatic rings. The molecule has 25 heavy (non-hydrogen) atoms. The molecular weight excluding hydrogens is 328 g/mol. The molecule has 4 nitrogen and oxygen atoms in total. The molecule has 0 heterocycles. The van der Waals surface area contributed by atoms with Crippen LogP contribution in [0.1, 0.15) is 29.6 Å². The largest absolute Gasteiger partial charge is 0.480 e. The van der Waals surface area contributed by atoms with Crippen LogP contribution >= 0.6 is 0 Å². The van der Waals surface area contributed by atoms with Gasteiger partial charge >= 0.3 is 5.97 Å². The summed E-state index contributed by atoms with van der Waals surface area (Å²) in [4.78, 5) is 23.5. The van der Waals surface area contributed by atoms with E-state index in [4.69, 9.17) is 0 Å². The SMILES string of the molecule is O=C(NC(CC1CC1)C(=O)O)c1ccc(-c2ccc(F)cc2)cc1F. The molecule has 1 unspecified atom stereocenters. The molecule has 2 N–H and O–H groups in total. The molecule has 2 aromatic rings. The highest BCUT2D eigenvalue weighted by Crippen LogP contribution is 2.33. The fraction of sp³-hybridized carbons (Fsp3) is 0.263. The van der Waals surface area contributed by atoms with Crippen LogP contribution in [-0.2, 0) is 4.79 Å². The van der Waals surface area contributed by atoms with E-state index in [1.807, 2.05) is 0 Å². The molecule has 1 fully saturated rings. The molecule has 2 aromatic carbocycles. The van der Waals surface area contributed by atoms with E-state index in [1.165, 1.54) is 36.4 Å². The van der Waals surface area contributed by atoms with Crippen molar-refractivity contribution in [1.29, 1.82) is 0 Å². The summed E-state index contributed by atoms with van der Waals surface area (Å²) in [5.74, 6) is -2.71. The first-order chi connectivity index (χ1) is 11.9. The van der Waals surface area contributed by atoms with Gasteiger partial charge in [-0.05, 0) is 47.7 Å². The summed E-state index contributed by atoms with van der Waals surface area (Å²) < 4.78 is 27.3. The first-order valence-electron chi connectivity index (χ1n) is 8.03. The van der Waals surface area contributed by atoms with E-state index in [1.54, 1.807) is 6.07 Å². The van der Waals surface area contributed by atoms with Gasteiger partial charge in [0.15, 0.2) is 0 Å². The lowest BCUT2D eigenvalue weighted by atomic mass is 10.0. The summed E-state index contributed by atoms with van der Waals surface area (Å²) in [7, 11) is 0. The number of rotatable bonds is 6. The Morgan fingerprint density at radius 1 is 1.08 bits per heavy atom. The highest BCUT2D eigenvalue weighted by Gasteiger charge is 2.30. The molecule has 130 valence electrons. The van der Waals surface area contributed by atoms with Crippen LogP contribution in [0.3, 0.4) is 0 Å². The Balaban J connectivity index is 1.76. The van der Waals surface area contributed by atoms with Crippen molar-refractivity contribution in [2.75, 3.05) is 0 Å². The van der Waals surface area contributed by atoms with E-state index in [2.05, 4.69) is 5.32 Å². The minimum absolute atomic E-state index is 0.215. The second kappa shape index (κ2) is 7.01. The molecule has 0 radical (unpaired) electrons. The van der Waals surface area contributed by atoms with Crippen molar-refractivity contribution in [3.05, 3.63) is 59.7 Å². The molecule has 1 atom stereocenters. The normalized spacial score (nSPS) is 14.8. The van der Waals surface area contributed by atoms with Crippen LogP contribution in [0.2, 0.25) is 0 Å². The molecule has 0 aliphatic heterocycles. The summed E-state index contributed by atoms with van der Waals surface area (Å²) in [6, 6.07) is 8.57. The molecule has 6 heteroatoms. The number of hydrogen-bond acceptors (Lipinski definition) is 2. The van der Waals surface area contributed by atoms with Crippen molar-refractivity contribution in [2.45, 2.75) is 25.3 Å². The van der Waals surface area contributed by atoms with Crippen molar-refractivity contribution < 1.29 is 23.5 Å². The van der Waals surface area contributed by atoms with Crippen LogP contribution in [0, 0.1) is 17.6 Å². The zero-order valence-corrected chi connectivity index (χ0v) is 13.3. The average molecular weight is 345 g/mol. The van der Waals surface area contributed by atoms with E-state index in [-0.39, 0.29) is 5.56 Å². The minimum Gasteiger partial charge on any atom is -0.480 e. The number of benzene rings is 2. The minimum atomic E-state index is -1.12. The smallest absolute Gasteiger partial charge is 0.326 e. The van der Waals surface area contributed by atoms with Crippen LogP contribution in [0.25, 0.3) is 11.1 Å². The van der Waals surface area contributed by atoms with Crippen LogP contribution in [0.4, 0.5) is 8.78 Å². The Hall–Kier alpha value is -2.76. The first-order valence-corrected chi connectivity index (χ1v) is 8.03. The van der Waals surface area contributed by atoms with Gasteiger partial charge in [-0.15, -0.1) is 0 Å². The molecular formula is C19H17F2NO3. The molecule has 1 saturated carbocycles. The van der Waals surface area contributed by atoms with Gasteiger partial charge in [-0.1, -0.05) is 31.0 Å². The highest BCUT2D eigenvalue weighted by atomic mass is 19.1. The standard InChI is InChI=1S/C19H17F2NO3/c20-14-6-3-12(4-7-14)13-5-8-15(16(21)10-13)18(23)22-17(19(24)25)9-11-1-2-11/h3-8,10-11,17H,1-2,9H2,(H,22,23)(H,24,25). The monoisotopic (exact) mass is 345 g/mol. The molecule has 0 aromatic heterocycles. The number of carbonyl (C=O) groups is 2. The van der Waals surface area contributed by atoms with Gasteiger partial charge in [-0.2, -0.15) is 0 Å². The maximum atomic E-state index is 14.3. The average Bonchev–Trinajstić information content (AvgIpc) is 3.38. The summed E-state index contributed by atoms with van der Waals surface area (Å²) in [5.41, 5.74) is 0.902. The molecule has 1 amide bonds. The molecule has 0 bridgehead atoms. The van der Waals surface area contributed by atoms with Crippen molar-refractivity contribution in [3.8, 4) is 11.1 Å². The summed E-state index contributed by atoms with van der Waals surface area (Å²) in [5, 5.41) is 11.6. The number of carbonyl (C=O) groups excluding carboxylic acids is 1. The van der Waals surface area contributed by atoms with Crippen LogP contribution in [0.5, 0.6) is 0 Å².